The zero-order valence-electron chi connectivity index (χ0n) is 18.2. The van der Waals surface area contributed by atoms with Crippen molar-refractivity contribution in [2.75, 3.05) is 26.2 Å². The van der Waals surface area contributed by atoms with Gasteiger partial charge in [0, 0.05) is 24.5 Å². The molecule has 0 aliphatic carbocycles. The van der Waals surface area contributed by atoms with Crippen molar-refractivity contribution in [3.63, 3.8) is 0 Å². The molecule has 0 saturated carbocycles. The van der Waals surface area contributed by atoms with Gasteiger partial charge in [-0.05, 0) is 68.8 Å². The topological polar surface area (TPSA) is 46.8 Å². The van der Waals surface area contributed by atoms with Crippen LogP contribution in [0.2, 0.25) is 0 Å². The van der Waals surface area contributed by atoms with E-state index in [1.54, 1.807) is 6.20 Å². The lowest BCUT2D eigenvalue weighted by atomic mass is 10.1. The Morgan fingerprint density at radius 1 is 0.967 bits per heavy atom. The van der Waals surface area contributed by atoms with Crippen LogP contribution in [0.3, 0.4) is 0 Å². The summed E-state index contributed by atoms with van der Waals surface area (Å²) in [6.45, 7) is 8.60. The van der Waals surface area contributed by atoms with Gasteiger partial charge in [0.1, 0.15) is 17.1 Å². The summed E-state index contributed by atoms with van der Waals surface area (Å²) in [5.41, 5.74) is 1.85. The van der Waals surface area contributed by atoms with Crippen molar-refractivity contribution in [3.05, 3.63) is 66.1 Å². The van der Waals surface area contributed by atoms with E-state index in [9.17, 15) is 4.79 Å². The van der Waals surface area contributed by atoms with E-state index in [1.165, 1.54) is 38.8 Å². The molecule has 0 aliphatic heterocycles. The molecular formula is C25H33N3O2. The van der Waals surface area contributed by atoms with Crippen molar-refractivity contribution < 1.29 is 9.53 Å². The number of fused-ring (bicyclic) bond motifs is 1. The Balaban J connectivity index is 1.48. The Morgan fingerprint density at radius 3 is 2.33 bits per heavy atom. The molecule has 0 amide bonds. The van der Waals surface area contributed by atoms with Gasteiger partial charge in [0.25, 0.3) is 0 Å². The predicted octanol–water partition coefficient (Wildman–Crippen LogP) is 5.24. The molecule has 2 heterocycles. The van der Waals surface area contributed by atoms with Crippen LogP contribution in [0.15, 0.2) is 54.9 Å². The van der Waals surface area contributed by atoms with Gasteiger partial charge in [0.15, 0.2) is 0 Å². The van der Waals surface area contributed by atoms with Gasteiger partial charge >= 0.3 is 0 Å². The summed E-state index contributed by atoms with van der Waals surface area (Å²) in [5, 5.41) is 0. The van der Waals surface area contributed by atoms with Crippen molar-refractivity contribution in [1.82, 2.24) is 14.3 Å². The lowest BCUT2D eigenvalue weighted by Crippen LogP contribution is -2.28. The van der Waals surface area contributed by atoms with Crippen molar-refractivity contribution >= 4 is 11.4 Å². The molecule has 0 atom stereocenters. The number of aromatic nitrogens is 2. The fraction of sp³-hybridized carbons (Fsp3) is 0.440. The average Bonchev–Trinajstić information content (AvgIpc) is 3.22. The number of imidazole rings is 1. The largest absolute Gasteiger partial charge is 0.494 e. The highest BCUT2D eigenvalue weighted by Gasteiger charge is 2.13. The summed E-state index contributed by atoms with van der Waals surface area (Å²) in [7, 11) is 0. The molecule has 5 heteroatoms. The normalized spacial score (nSPS) is 11.3. The summed E-state index contributed by atoms with van der Waals surface area (Å²) in [5.74, 6) is 0.725. The van der Waals surface area contributed by atoms with E-state index in [0.29, 0.717) is 17.9 Å². The van der Waals surface area contributed by atoms with Gasteiger partial charge in [0.05, 0.1) is 6.61 Å². The number of ether oxygens (including phenoxy) is 1. The van der Waals surface area contributed by atoms with Gasteiger partial charge < -0.3 is 14.0 Å². The molecule has 3 rings (SSSR count). The second kappa shape index (κ2) is 11.5. The maximum Gasteiger partial charge on any atom is 0.212 e. The first-order valence-corrected chi connectivity index (χ1v) is 11.1. The minimum absolute atomic E-state index is 0.0762. The number of benzene rings is 1. The van der Waals surface area contributed by atoms with E-state index in [2.05, 4.69) is 23.7 Å². The SMILES string of the molecule is CCCCN(CCCC)CCCOc1ccc(C(=O)c2cn3ccccc3n2)cc1. The Bertz CT molecular complexity index is 877. The molecule has 2 aromatic heterocycles. The van der Waals surface area contributed by atoms with Crippen LogP contribution in [0, 0.1) is 0 Å². The van der Waals surface area contributed by atoms with E-state index in [0.717, 1.165) is 24.4 Å². The molecule has 160 valence electrons. The molecule has 0 unspecified atom stereocenters. The summed E-state index contributed by atoms with van der Waals surface area (Å²) in [6.07, 6.45) is 9.65. The van der Waals surface area contributed by atoms with Crippen molar-refractivity contribution in [2.45, 2.75) is 46.0 Å². The number of hydrogen-bond acceptors (Lipinski definition) is 4. The molecule has 0 aliphatic rings. The number of carbonyl (C=O) groups is 1. The van der Waals surface area contributed by atoms with E-state index in [4.69, 9.17) is 4.74 Å². The number of pyridine rings is 1. The van der Waals surface area contributed by atoms with Crippen LogP contribution in [-0.4, -0.2) is 46.3 Å². The van der Waals surface area contributed by atoms with Gasteiger partial charge in [-0.25, -0.2) is 4.98 Å². The fourth-order valence-electron chi connectivity index (χ4n) is 3.47. The van der Waals surface area contributed by atoms with Gasteiger partial charge in [0.2, 0.25) is 5.78 Å². The lowest BCUT2D eigenvalue weighted by molar-refractivity contribution is 0.103. The lowest BCUT2D eigenvalue weighted by Gasteiger charge is -2.21. The van der Waals surface area contributed by atoms with Crippen LogP contribution in [0.25, 0.3) is 5.65 Å². The minimum atomic E-state index is -0.0762. The molecule has 30 heavy (non-hydrogen) atoms. The number of ketones is 1. The first-order valence-electron chi connectivity index (χ1n) is 11.1. The molecule has 0 bridgehead atoms. The first-order chi connectivity index (χ1) is 14.7. The van der Waals surface area contributed by atoms with Gasteiger partial charge in [-0.3, -0.25) is 4.79 Å². The maximum atomic E-state index is 12.7. The van der Waals surface area contributed by atoms with Crippen LogP contribution in [0.1, 0.15) is 62.0 Å². The van der Waals surface area contributed by atoms with Crippen molar-refractivity contribution in [1.29, 1.82) is 0 Å². The average molecular weight is 408 g/mol. The third-order valence-electron chi connectivity index (χ3n) is 5.26. The molecule has 0 N–H and O–H groups in total. The second-order valence-corrected chi connectivity index (χ2v) is 7.70. The Morgan fingerprint density at radius 2 is 1.67 bits per heavy atom. The molecule has 0 saturated heterocycles. The molecule has 0 radical (unpaired) electrons. The number of carbonyl (C=O) groups excluding carboxylic acids is 1. The maximum absolute atomic E-state index is 12.7. The monoisotopic (exact) mass is 407 g/mol. The van der Waals surface area contributed by atoms with E-state index < -0.39 is 0 Å². The van der Waals surface area contributed by atoms with Crippen LogP contribution in [-0.2, 0) is 0 Å². The quantitative estimate of drug-likeness (QED) is 0.287. The van der Waals surface area contributed by atoms with Gasteiger partial charge in [-0.2, -0.15) is 0 Å². The van der Waals surface area contributed by atoms with E-state index in [-0.39, 0.29) is 5.78 Å². The second-order valence-electron chi connectivity index (χ2n) is 7.70. The summed E-state index contributed by atoms with van der Waals surface area (Å²) >= 11 is 0. The fourth-order valence-corrected chi connectivity index (χ4v) is 3.47. The van der Waals surface area contributed by atoms with Crippen molar-refractivity contribution in [2.24, 2.45) is 0 Å². The van der Waals surface area contributed by atoms with Gasteiger partial charge in [-0.15, -0.1) is 0 Å². The summed E-state index contributed by atoms with van der Waals surface area (Å²) in [4.78, 5) is 19.7. The standard InChI is InChI=1S/C25H33N3O2/c1-3-5-15-27(16-6-4-2)17-9-19-30-22-13-11-21(12-14-22)25(29)23-20-28-18-8-7-10-24(28)26-23/h7-8,10-14,18,20H,3-6,9,15-17,19H2,1-2H3. The van der Waals surface area contributed by atoms with Crippen molar-refractivity contribution in [3.8, 4) is 5.75 Å². The molecule has 3 aromatic rings. The molecular weight excluding hydrogens is 374 g/mol. The third-order valence-corrected chi connectivity index (χ3v) is 5.26. The minimum Gasteiger partial charge on any atom is -0.494 e. The van der Waals surface area contributed by atoms with E-state index in [1.807, 2.05) is 53.1 Å². The summed E-state index contributed by atoms with van der Waals surface area (Å²) in [6, 6.07) is 13.1. The number of rotatable bonds is 13. The molecule has 5 nitrogen and oxygen atoms in total. The number of hydrogen-bond donors (Lipinski definition) is 0. The molecule has 0 spiro atoms. The molecule has 0 fully saturated rings. The van der Waals surface area contributed by atoms with Crippen LogP contribution in [0.5, 0.6) is 5.75 Å². The van der Waals surface area contributed by atoms with Gasteiger partial charge in [-0.1, -0.05) is 32.8 Å². The highest BCUT2D eigenvalue weighted by atomic mass is 16.5. The first kappa shape index (κ1) is 22.0. The highest BCUT2D eigenvalue weighted by Crippen LogP contribution is 2.16. The van der Waals surface area contributed by atoms with Crippen LogP contribution in [0.4, 0.5) is 0 Å². The Kier molecular flexibility index (Phi) is 8.45. The smallest absolute Gasteiger partial charge is 0.212 e. The third kappa shape index (κ3) is 6.17. The zero-order chi connectivity index (χ0) is 21.2. The van der Waals surface area contributed by atoms with Crippen LogP contribution >= 0.6 is 0 Å². The number of unbranched alkanes of at least 4 members (excludes halogenated alkanes) is 2. The number of nitrogens with zero attached hydrogens (tertiary/aromatic N) is 3. The summed E-state index contributed by atoms with van der Waals surface area (Å²) < 4.78 is 7.75. The zero-order valence-corrected chi connectivity index (χ0v) is 18.2. The Labute approximate surface area is 179 Å². The predicted molar refractivity (Wildman–Crippen MR) is 121 cm³/mol. The van der Waals surface area contributed by atoms with E-state index >= 15 is 0 Å². The van der Waals surface area contributed by atoms with Crippen LogP contribution < -0.4 is 4.74 Å². The molecule has 1 aromatic carbocycles. The highest BCUT2D eigenvalue weighted by molar-refractivity contribution is 6.08. The Hall–Kier alpha value is -2.66.